The van der Waals surface area contributed by atoms with Gasteiger partial charge in [-0.25, -0.2) is 0 Å². The quantitative estimate of drug-likeness (QED) is 0.128. The van der Waals surface area contributed by atoms with Crippen molar-refractivity contribution in [2.75, 3.05) is 9.80 Å². The summed E-state index contributed by atoms with van der Waals surface area (Å²) in [7, 11) is 0. The molecule has 21 aromatic rings. The first-order chi connectivity index (χ1) is 58.9. The molecule has 0 spiro atoms. The second-order valence-corrected chi connectivity index (χ2v) is 36.5. The van der Waals surface area contributed by atoms with E-state index in [1.807, 2.05) is 0 Å². The number of fused-ring (bicyclic) bond motifs is 16. The fourth-order valence-corrected chi connectivity index (χ4v) is 20.2. The van der Waals surface area contributed by atoms with E-state index >= 15 is 0 Å². The van der Waals surface area contributed by atoms with Crippen molar-refractivity contribution >= 4 is 144 Å². The summed E-state index contributed by atoms with van der Waals surface area (Å²) in [5, 5.41) is 9.75. The van der Waals surface area contributed by atoms with Crippen LogP contribution in [0.5, 0.6) is 0 Å². The van der Waals surface area contributed by atoms with Crippen LogP contribution in [0.1, 0.15) is 79.0 Å². The average molecular weight is 1550 g/mol. The lowest BCUT2D eigenvalue weighted by Crippen LogP contribution is -2.61. The maximum absolute atomic E-state index is 2.74. The maximum atomic E-state index is 2.74. The van der Waals surface area contributed by atoms with Gasteiger partial charge >= 0.3 is 0 Å². The van der Waals surface area contributed by atoms with Crippen molar-refractivity contribution < 1.29 is 0 Å². The van der Waals surface area contributed by atoms with Crippen LogP contribution in [0.2, 0.25) is 0 Å². The largest absolute Gasteiger partial charge is 0.311 e. The summed E-state index contributed by atoms with van der Waals surface area (Å²) in [5.41, 5.74) is 36.3. The molecule has 0 N–H and O–H groups in total. The molecule has 0 amide bonds. The minimum absolute atomic E-state index is 0.0827. The van der Waals surface area contributed by atoms with Crippen LogP contribution in [-0.4, -0.2) is 25.0 Å². The van der Waals surface area contributed by atoms with E-state index in [4.69, 9.17) is 0 Å². The fraction of sp³-hybridized carbons (Fsp3) is 0.105. The van der Waals surface area contributed by atoms with Gasteiger partial charge in [0.1, 0.15) is 0 Å². The summed E-state index contributed by atoms with van der Waals surface area (Å²) >= 11 is 0. The van der Waals surface area contributed by atoms with Crippen molar-refractivity contribution in [3.63, 3.8) is 0 Å². The highest BCUT2D eigenvalue weighted by Crippen LogP contribution is 2.55. The number of rotatable bonds is 10. The summed E-state index contributed by atoms with van der Waals surface area (Å²) in [6.07, 6.45) is 0. The van der Waals surface area contributed by atoms with Gasteiger partial charge in [-0.05, 0) is 222 Å². The van der Waals surface area contributed by atoms with Gasteiger partial charge in [0, 0.05) is 99.7 Å². The molecule has 0 aliphatic carbocycles. The summed E-state index contributed by atoms with van der Waals surface area (Å²) in [5.74, 6) is 0. The lowest BCUT2D eigenvalue weighted by molar-refractivity contribution is 0.590. The van der Waals surface area contributed by atoms with Gasteiger partial charge in [0.2, 0.25) is 0 Å². The molecule has 2 aliphatic rings. The molecule has 0 bridgehead atoms. The molecule has 23 rings (SSSR count). The first kappa shape index (κ1) is 71.9. The molecule has 0 radical (unpaired) electrons. The number of para-hydroxylation sites is 5. The highest BCUT2D eigenvalue weighted by atomic mass is 15.2. The summed E-state index contributed by atoms with van der Waals surface area (Å²) in [6, 6.07) is 143. The Balaban J connectivity index is 0.878. The van der Waals surface area contributed by atoms with E-state index in [0.717, 1.165) is 123 Å². The standard InChI is InChI=1S/C114H89BN6/c1-112(2,3)78-50-57-103-93(63-78)94-64-79(113(4,5)6)51-58-104(94)118(103)83-53-56-97-107(69-83)121(111-91(74-36-18-12-19-37-74)65-80(114(7,8)9)66-92(111)75-38-20-13-21-39-75)109-71-85(119-100-47-29-24-42-88(100)89-43-25-30-48-101(89)119)70-108-110(109)115(97)96-55-52-82(68-106(96)120(108)84-61-76(72-32-14-10-15-33-72)60-77(62-84)73-34-16-11-17-35-73)117-102-49-31-26-44-90(102)95-67-81(54-59-105(95)117)116-98-45-27-22-40-86(98)87-41-23-28-46-99(87)116/h10-71H,1-9H3. The van der Waals surface area contributed by atoms with Crippen LogP contribution in [-0.2, 0) is 16.2 Å². The average Bonchev–Trinajstić information content (AvgIpc) is 1.17. The minimum Gasteiger partial charge on any atom is -0.311 e. The number of hydrogen-bond donors (Lipinski definition) is 0. The highest BCUT2D eigenvalue weighted by molar-refractivity contribution is 7.00. The predicted octanol–water partition coefficient (Wildman–Crippen LogP) is 28.7. The third-order valence-electron chi connectivity index (χ3n) is 26.1. The van der Waals surface area contributed by atoms with Crippen LogP contribution in [0, 0.1) is 0 Å². The third kappa shape index (κ3) is 11.4. The zero-order valence-corrected chi connectivity index (χ0v) is 69.6. The van der Waals surface area contributed by atoms with Gasteiger partial charge in [-0.1, -0.05) is 299 Å². The second kappa shape index (κ2) is 27.1. The van der Waals surface area contributed by atoms with Crippen LogP contribution in [0.3, 0.4) is 0 Å². The summed E-state index contributed by atoms with van der Waals surface area (Å²) < 4.78 is 10.1. The zero-order valence-electron chi connectivity index (χ0n) is 69.6. The van der Waals surface area contributed by atoms with E-state index in [0.29, 0.717) is 0 Å². The molecule has 0 atom stereocenters. The smallest absolute Gasteiger partial charge is 0.252 e. The lowest BCUT2D eigenvalue weighted by Gasteiger charge is -2.45. The Hall–Kier alpha value is -14.4. The molecular weight excluding hydrogens is 1460 g/mol. The summed E-state index contributed by atoms with van der Waals surface area (Å²) in [6.45, 7) is 20.8. The Morgan fingerprint density at radius 2 is 0.504 bits per heavy atom. The van der Waals surface area contributed by atoms with Gasteiger partial charge in [-0.2, -0.15) is 0 Å². The number of hydrogen-bond acceptors (Lipinski definition) is 2. The van der Waals surface area contributed by atoms with E-state index in [2.05, 4.69) is 466 Å². The lowest BCUT2D eigenvalue weighted by atomic mass is 9.33. The van der Waals surface area contributed by atoms with Crippen LogP contribution >= 0.6 is 0 Å². The van der Waals surface area contributed by atoms with Crippen molar-refractivity contribution in [2.45, 2.75) is 78.6 Å². The first-order valence-electron chi connectivity index (χ1n) is 42.7. The number of anilines is 6. The second-order valence-electron chi connectivity index (χ2n) is 36.5. The van der Waals surface area contributed by atoms with Gasteiger partial charge in [0.05, 0.1) is 55.5 Å². The van der Waals surface area contributed by atoms with Crippen molar-refractivity contribution in [3.05, 3.63) is 393 Å². The normalized spacial score (nSPS) is 13.0. The Morgan fingerprint density at radius 3 is 0.909 bits per heavy atom. The zero-order chi connectivity index (χ0) is 81.5. The van der Waals surface area contributed by atoms with Crippen molar-refractivity contribution in [3.8, 4) is 67.3 Å². The first-order valence-corrected chi connectivity index (χ1v) is 42.7. The van der Waals surface area contributed by atoms with Crippen molar-refractivity contribution in [1.29, 1.82) is 0 Å². The highest BCUT2D eigenvalue weighted by Gasteiger charge is 2.46. The number of benzene rings is 17. The SMILES string of the molecule is CC(C)(C)c1cc(-c2ccccc2)c(N2c3cc(-n4c5ccc(C(C)(C)C)cc5c5cc(C(C)(C)C)ccc54)ccc3B3c4ccc(-n5c6ccccc6c6cc(-n7c8ccccc8c8ccccc87)ccc65)cc4N(c4cc(-c5ccccc5)cc(-c5ccccc5)c4)c4cc(-n5c6ccccc6c6ccccc65)cc2c43)c(-c2ccccc2)c1. The number of nitrogens with zero attached hydrogens (tertiary/aromatic N) is 6. The van der Waals surface area contributed by atoms with Gasteiger partial charge in [0.25, 0.3) is 6.71 Å². The van der Waals surface area contributed by atoms with Gasteiger partial charge in [0.15, 0.2) is 0 Å². The van der Waals surface area contributed by atoms with Crippen molar-refractivity contribution in [2.24, 2.45) is 0 Å². The van der Waals surface area contributed by atoms with E-state index in [1.54, 1.807) is 0 Å². The molecule has 2 aliphatic heterocycles. The molecule has 578 valence electrons. The van der Waals surface area contributed by atoms with Crippen LogP contribution in [0.25, 0.3) is 154 Å². The molecule has 0 saturated carbocycles. The topological polar surface area (TPSA) is 26.2 Å². The van der Waals surface area contributed by atoms with Crippen LogP contribution < -0.4 is 26.2 Å². The maximum Gasteiger partial charge on any atom is 0.252 e. The van der Waals surface area contributed by atoms with E-state index in [1.165, 1.54) is 98.2 Å². The van der Waals surface area contributed by atoms with Gasteiger partial charge in [-0.15, -0.1) is 0 Å². The third-order valence-corrected chi connectivity index (χ3v) is 26.1. The van der Waals surface area contributed by atoms with Crippen LogP contribution in [0.4, 0.5) is 34.1 Å². The van der Waals surface area contributed by atoms with Gasteiger partial charge < -0.3 is 28.1 Å². The molecule has 121 heavy (non-hydrogen) atoms. The van der Waals surface area contributed by atoms with E-state index in [-0.39, 0.29) is 23.0 Å². The molecule has 0 saturated heterocycles. The molecular formula is C114H89BN6. The number of aromatic nitrogens is 4. The monoisotopic (exact) mass is 1550 g/mol. The molecule has 4 aromatic heterocycles. The fourth-order valence-electron chi connectivity index (χ4n) is 20.2. The summed E-state index contributed by atoms with van der Waals surface area (Å²) in [4.78, 5) is 5.41. The van der Waals surface area contributed by atoms with E-state index in [9.17, 15) is 0 Å². The molecule has 17 aromatic carbocycles. The Kier molecular flexibility index (Phi) is 16.1. The van der Waals surface area contributed by atoms with Gasteiger partial charge in [-0.3, -0.25) is 0 Å². The molecule has 6 nitrogen and oxygen atoms in total. The van der Waals surface area contributed by atoms with E-state index < -0.39 is 0 Å². The predicted molar refractivity (Wildman–Crippen MR) is 516 cm³/mol. The van der Waals surface area contributed by atoms with Crippen molar-refractivity contribution in [1.82, 2.24) is 18.3 Å². The Labute approximate surface area is 706 Å². The molecule has 0 unspecified atom stereocenters. The molecule has 6 heterocycles. The van der Waals surface area contributed by atoms with Crippen LogP contribution in [0.15, 0.2) is 376 Å². The molecule has 0 fully saturated rings. The Bertz CT molecular complexity index is 7530. The molecule has 7 heteroatoms. The minimum atomic E-state index is -0.313. The Morgan fingerprint density at radius 1 is 0.198 bits per heavy atom.